The number of rotatable bonds is 5. The van der Waals surface area contributed by atoms with Crippen molar-refractivity contribution in [2.75, 3.05) is 12.8 Å². The van der Waals surface area contributed by atoms with Gasteiger partial charge in [-0.15, -0.1) is 0 Å². The lowest BCUT2D eigenvalue weighted by Crippen LogP contribution is -2.23. The Morgan fingerprint density at radius 2 is 2.20 bits per heavy atom. The van der Waals surface area contributed by atoms with Crippen LogP contribution in [0, 0.1) is 0 Å². The van der Waals surface area contributed by atoms with E-state index in [2.05, 4.69) is 9.82 Å². The van der Waals surface area contributed by atoms with Crippen LogP contribution in [0.3, 0.4) is 0 Å². The number of sulfonamides is 1. The van der Waals surface area contributed by atoms with Gasteiger partial charge in [-0.3, -0.25) is 4.68 Å². The van der Waals surface area contributed by atoms with E-state index in [1.165, 1.54) is 24.2 Å². The molecule has 0 aliphatic rings. The van der Waals surface area contributed by atoms with Gasteiger partial charge in [0.05, 0.1) is 13.3 Å². The van der Waals surface area contributed by atoms with Crippen molar-refractivity contribution in [1.82, 2.24) is 14.5 Å². The Bertz CT molecular complexity index is 709. The van der Waals surface area contributed by atoms with E-state index < -0.39 is 10.0 Å². The van der Waals surface area contributed by atoms with Gasteiger partial charge in [-0.25, -0.2) is 13.1 Å². The summed E-state index contributed by atoms with van der Waals surface area (Å²) >= 11 is 0. The summed E-state index contributed by atoms with van der Waals surface area (Å²) in [4.78, 5) is 0.114. The molecule has 0 saturated heterocycles. The summed E-state index contributed by atoms with van der Waals surface area (Å²) in [5, 5.41) is 3.84. The Kier molecular flexibility index (Phi) is 3.96. The summed E-state index contributed by atoms with van der Waals surface area (Å²) in [5.41, 5.74) is 6.90. The summed E-state index contributed by atoms with van der Waals surface area (Å²) in [5.74, 6) is 0.577. The number of benzene rings is 1. The van der Waals surface area contributed by atoms with Crippen LogP contribution in [0.4, 0.5) is 5.69 Å². The zero-order chi connectivity index (χ0) is 14.8. The lowest BCUT2D eigenvalue weighted by atomic mass is 10.2. The number of aromatic nitrogens is 2. The lowest BCUT2D eigenvalue weighted by molar-refractivity contribution is 0.409. The first-order valence-corrected chi connectivity index (χ1v) is 7.31. The average Bonchev–Trinajstić information content (AvgIpc) is 2.84. The highest BCUT2D eigenvalue weighted by Crippen LogP contribution is 2.21. The van der Waals surface area contributed by atoms with Crippen LogP contribution >= 0.6 is 0 Å². The smallest absolute Gasteiger partial charge is 0.243 e. The zero-order valence-corrected chi connectivity index (χ0v) is 12.0. The number of methoxy groups -OCH3 is 1. The molecule has 0 amide bonds. The first kappa shape index (κ1) is 14.4. The first-order valence-electron chi connectivity index (χ1n) is 5.83. The molecule has 1 aromatic carbocycles. The number of ether oxygens (including phenoxy) is 1. The fraction of sp³-hybridized carbons (Fsp3) is 0.250. The minimum Gasteiger partial charge on any atom is -0.496 e. The second-order valence-electron chi connectivity index (χ2n) is 4.25. The van der Waals surface area contributed by atoms with E-state index >= 15 is 0 Å². The van der Waals surface area contributed by atoms with Gasteiger partial charge in [-0.1, -0.05) is 0 Å². The Morgan fingerprint density at radius 1 is 1.45 bits per heavy atom. The first-order chi connectivity index (χ1) is 9.42. The molecular formula is C12H16N4O3S. The van der Waals surface area contributed by atoms with Crippen molar-refractivity contribution in [3.05, 3.63) is 36.2 Å². The molecule has 1 heterocycles. The highest BCUT2D eigenvalue weighted by atomic mass is 32.2. The zero-order valence-electron chi connectivity index (χ0n) is 11.2. The van der Waals surface area contributed by atoms with Crippen LogP contribution in [0.1, 0.15) is 5.56 Å². The molecule has 0 spiro atoms. The molecule has 0 bridgehead atoms. The second-order valence-corrected chi connectivity index (χ2v) is 6.01. The molecule has 1 aromatic heterocycles. The number of nitrogens with zero attached hydrogens (tertiary/aromatic N) is 2. The number of hydrogen-bond donors (Lipinski definition) is 2. The molecule has 2 aromatic rings. The molecule has 0 fully saturated rings. The number of anilines is 1. The Morgan fingerprint density at radius 3 is 2.80 bits per heavy atom. The maximum Gasteiger partial charge on any atom is 0.243 e. The molecule has 20 heavy (non-hydrogen) atoms. The predicted molar refractivity (Wildman–Crippen MR) is 74.6 cm³/mol. The summed E-state index contributed by atoms with van der Waals surface area (Å²) in [6.45, 7) is 0.0887. The fourth-order valence-electron chi connectivity index (χ4n) is 1.73. The molecule has 8 heteroatoms. The maximum atomic E-state index is 12.1. The van der Waals surface area contributed by atoms with E-state index in [0.29, 0.717) is 17.0 Å². The molecule has 0 aliphatic heterocycles. The summed E-state index contributed by atoms with van der Waals surface area (Å²) < 4.78 is 33.2. The van der Waals surface area contributed by atoms with Gasteiger partial charge < -0.3 is 10.5 Å². The number of nitrogens with two attached hydrogens (primary N) is 1. The predicted octanol–water partition coefficient (Wildman–Crippen LogP) is 0.489. The van der Waals surface area contributed by atoms with E-state index in [-0.39, 0.29) is 11.4 Å². The van der Waals surface area contributed by atoms with E-state index in [9.17, 15) is 8.42 Å². The number of hydrogen-bond acceptors (Lipinski definition) is 5. The van der Waals surface area contributed by atoms with Gasteiger partial charge in [0.1, 0.15) is 10.6 Å². The molecule has 7 nitrogen and oxygen atoms in total. The summed E-state index contributed by atoms with van der Waals surface area (Å²) in [7, 11) is -0.434. The van der Waals surface area contributed by atoms with Crippen LogP contribution in [0.25, 0.3) is 0 Å². The molecule has 108 valence electrons. The molecule has 0 unspecified atom stereocenters. The minimum atomic E-state index is -3.61. The van der Waals surface area contributed by atoms with Gasteiger partial charge in [0.25, 0.3) is 0 Å². The Hall–Kier alpha value is -2.06. The van der Waals surface area contributed by atoms with Gasteiger partial charge in [0, 0.05) is 31.0 Å². The summed E-state index contributed by atoms with van der Waals surface area (Å²) in [6.07, 6.45) is 2.72. The second kappa shape index (κ2) is 5.51. The quantitative estimate of drug-likeness (QED) is 0.782. The standard InChI is InChI=1S/C12H16N4O3S/c1-16-8-11(7-14-16)20(17,18)15-6-9-5-10(13)3-4-12(9)19-2/h3-5,7-8,15H,6,13H2,1-2H3. The van der Waals surface area contributed by atoms with Crippen LogP contribution in [0.2, 0.25) is 0 Å². The monoisotopic (exact) mass is 296 g/mol. The van der Waals surface area contributed by atoms with Crippen molar-refractivity contribution >= 4 is 15.7 Å². The molecule has 0 radical (unpaired) electrons. The SMILES string of the molecule is COc1ccc(N)cc1CNS(=O)(=O)c1cnn(C)c1. The van der Waals surface area contributed by atoms with Crippen molar-refractivity contribution in [1.29, 1.82) is 0 Å². The van der Waals surface area contributed by atoms with E-state index in [0.717, 1.165) is 0 Å². The minimum absolute atomic E-state index is 0.0887. The maximum absolute atomic E-state index is 12.1. The highest BCUT2D eigenvalue weighted by molar-refractivity contribution is 7.89. The third-order valence-corrected chi connectivity index (χ3v) is 4.10. The molecule has 0 atom stereocenters. The van der Waals surface area contributed by atoms with Crippen molar-refractivity contribution < 1.29 is 13.2 Å². The molecule has 0 saturated carbocycles. The van der Waals surface area contributed by atoms with Crippen LogP contribution < -0.4 is 15.2 Å². The van der Waals surface area contributed by atoms with Crippen LogP contribution in [-0.2, 0) is 23.6 Å². The van der Waals surface area contributed by atoms with Gasteiger partial charge in [-0.05, 0) is 18.2 Å². The molecule has 3 N–H and O–H groups in total. The van der Waals surface area contributed by atoms with Gasteiger partial charge in [0.15, 0.2) is 0 Å². The normalized spacial score (nSPS) is 11.5. The Labute approximate surface area is 117 Å². The van der Waals surface area contributed by atoms with Crippen molar-refractivity contribution in [3.63, 3.8) is 0 Å². The molecule has 0 aliphatic carbocycles. The van der Waals surface area contributed by atoms with E-state index in [4.69, 9.17) is 10.5 Å². The number of nitrogen functional groups attached to an aromatic ring is 1. The van der Waals surface area contributed by atoms with Gasteiger partial charge >= 0.3 is 0 Å². The van der Waals surface area contributed by atoms with E-state index in [1.807, 2.05) is 0 Å². The highest BCUT2D eigenvalue weighted by Gasteiger charge is 2.16. The fourth-order valence-corrected chi connectivity index (χ4v) is 2.72. The van der Waals surface area contributed by atoms with Gasteiger partial charge in [0.2, 0.25) is 10.0 Å². The van der Waals surface area contributed by atoms with Crippen LogP contribution in [0.15, 0.2) is 35.5 Å². The Balaban J connectivity index is 2.18. The van der Waals surface area contributed by atoms with Gasteiger partial charge in [-0.2, -0.15) is 5.10 Å². The number of nitrogens with one attached hydrogen (secondary N) is 1. The average molecular weight is 296 g/mol. The summed E-state index contributed by atoms with van der Waals surface area (Å²) in [6, 6.07) is 5.06. The van der Waals surface area contributed by atoms with Crippen molar-refractivity contribution in [3.8, 4) is 5.75 Å². The third-order valence-electron chi connectivity index (χ3n) is 2.75. The molecule has 2 rings (SSSR count). The topological polar surface area (TPSA) is 99.2 Å². The molecular weight excluding hydrogens is 280 g/mol. The van der Waals surface area contributed by atoms with Crippen molar-refractivity contribution in [2.24, 2.45) is 7.05 Å². The van der Waals surface area contributed by atoms with Crippen LogP contribution in [-0.4, -0.2) is 25.3 Å². The van der Waals surface area contributed by atoms with Crippen LogP contribution in [0.5, 0.6) is 5.75 Å². The number of aryl methyl sites for hydroxylation is 1. The van der Waals surface area contributed by atoms with Crippen molar-refractivity contribution in [2.45, 2.75) is 11.4 Å². The third kappa shape index (κ3) is 3.09. The lowest BCUT2D eigenvalue weighted by Gasteiger charge is -2.10. The van der Waals surface area contributed by atoms with E-state index in [1.54, 1.807) is 25.2 Å². The largest absolute Gasteiger partial charge is 0.496 e.